The third kappa shape index (κ3) is 5.44. The van der Waals surface area contributed by atoms with Gasteiger partial charge in [-0.25, -0.2) is 19.2 Å². The average Bonchev–Trinajstić information content (AvgIpc) is 3.50. The molecule has 2 amide bonds. The summed E-state index contributed by atoms with van der Waals surface area (Å²) in [6.07, 6.45) is 2.55. The van der Waals surface area contributed by atoms with Crippen LogP contribution < -0.4 is 10.2 Å². The van der Waals surface area contributed by atoms with Gasteiger partial charge in [0.2, 0.25) is 0 Å². The first kappa shape index (κ1) is 25.9. The van der Waals surface area contributed by atoms with Gasteiger partial charge in [-0.1, -0.05) is 11.3 Å². The Balaban J connectivity index is 1.49. The van der Waals surface area contributed by atoms with E-state index in [2.05, 4.69) is 22.1 Å². The van der Waals surface area contributed by atoms with Crippen molar-refractivity contribution in [1.29, 1.82) is 0 Å². The van der Waals surface area contributed by atoms with Gasteiger partial charge in [0.25, 0.3) is 5.91 Å². The van der Waals surface area contributed by atoms with E-state index in [0.29, 0.717) is 60.6 Å². The van der Waals surface area contributed by atoms with Gasteiger partial charge in [-0.05, 0) is 84.8 Å². The number of hydrogen-bond acceptors (Lipinski definition) is 7. The number of piperidine rings is 1. The molecular formula is C27H36FN5O3S. The van der Waals surface area contributed by atoms with E-state index in [-0.39, 0.29) is 11.9 Å². The largest absolute Gasteiger partial charge is 0.444 e. The van der Waals surface area contributed by atoms with Gasteiger partial charge >= 0.3 is 6.09 Å². The monoisotopic (exact) mass is 529 g/mol. The molecule has 0 bridgehead atoms. The van der Waals surface area contributed by atoms with E-state index in [1.54, 1.807) is 6.92 Å². The molecule has 4 heterocycles. The highest BCUT2D eigenvalue weighted by Crippen LogP contribution is 2.43. The van der Waals surface area contributed by atoms with E-state index in [1.807, 2.05) is 38.7 Å². The lowest BCUT2D eigenvalue weighted by Crippen LogP contribution is -2.41. The van der Waals surface area contributed by atoms with Crippen LogP contribution in [0.15, 0.2) is 6.07 Å². The van der Waals surface area contributed by atoms with Crippen LogP contribution in [0.2, 0.25) is 0 Å². The van der Waals surface area contributed by atoms with Gasteiger partial charge in [0, 0.05) is 25.7 Å². The van der Waals surface area contributed by atoms with Crippen molar-refractivity contribution >= 4 is 34.3 Å². The number of anilines is 2. The number of amides is 2. The maximum atomic E-state index is 14.6. The van der Waals surface area contributed by atoms with Gasteiger partial charge in [0.05, 0.1) is 21.8 Å². The van der Waals surface area contributed by atoms with E-state index < -0.39 is 17.4 Å². The van der Waals surface area contributed by atoms with Crippen molar-refractivity contribution in [3.8, 4) is 10.6 Å². The molecule has 1 N–H and O–H groups in total. The molecule has 1 atom stereocenters. The molecule has 2 aliphatic heterocycles. The first-order chi connectivity index (χ1) is 17.3. The molecule has 0 spiro atoms. The van der Waals surface area contributed by atoms with Crippen molar-refractivity contribution in [2.45, 2.75) is 91.1 Å². The second-order valence-corrected chi connectivity index (χ2v) is 12.8. The molecular weight excluding hydrogens is 493 g/mol. The van der Waals surface area contributed by atoms with Gasteiger partial charge in [-0.3, -0.25) is 10.1 Å². The van der Waals surface area contributed by atoms with E-state index in [1.165, 1.54) is 11.3 Å². The maximum Gasteiger partial charge on any atom is 0.413 e. The molecule has 1 saturated carbocycles. The fourth-order valence-corrected chi connectivity index (χ4v) is 6.02. The number of pyridine rings is 1. The average molecular weight is 530 g/mol. The number of ether oxygens (including phenoxy) is 1. The number of halogens is 1. The highest BCUT2D eigenvalue weighted by molar-refractivity contribution is 7.19. The number of thiazole rings is 1. The Morgan fingerprint density at radius 2 is 1.95 bits per heavy atom. The number of aryl methyl sites for hydroxylation is 1. The summed E-state index contributed by atoms with van der Waals surface area (Å²) >= 11 is 1.33. The van der Waals surface area contributed by atoms with E-state index in [0.717, 1.165) is 29.0 Å². The molecule has 0 radical (unpaired) electrons. The lowest BCUT2D eigenvalue weighted by molar-refractivity contribution is 0.0634. The molecule has 5 rings (SSSR count). The lowest BCUT2D eigenvalue weighted by Gasteiger charge is -2.35. The Bertz CT molecular complexity index is 1220. The summed E-state index contributed by atoms with van der Waals surface area (Å²) in [6.45, 7) is 12.6. The summed E-state index contributed by atoms with van der Waals surface area (Å²) in [5.74, 6) is 1.21. The molecule has 37 heavy (non-hydrogen) atoms. The third-order valence-electron chi connectivity index (χ3n) is 7.44. The first-order valence-electron chi connectivity index (χ1n) is 13.1. The molecule has 8 nitrogen and oxygen atoms in total. The van der Waals surface area contributed by atoms with Crippen LogP contribution in [0.3, 0.4) is 0 Å². The van der Waals surface area contributed by atoms with Gasteiger partial charge in [-0.15, -0.1) is 0 Å². The highest BCUT2D eigenvalue weighted by Gasteiger charge is 2.42. The van der Waals surface area contributed by atoms with Crippen LogP contribution in [-0.4, -0.2) is 57.3 Å². The normalized spacial score (nSPS) is 20.1. The summed E-state index contributed by atoms with van der Waals surface area (Å²) in [6, 6.07) is 2.17. The fourth-order valence-electron chi connectivity index (χ4n) is 5.11. The first-order valence-corrected chi connectivity index (χ1v) is 13.9. The zero-order valence-corrected chi connectivity index (χ0v) is 23.3. The number of fused-ring (bicyclic) bond motifs is 1. The van der Waals surface area contributed by atoms with Crippen LogP contribution in [-0.2, 0) is 11.3 Å². The van der Waals surface area contributed by atoms with E-state index in [9.17, 15) is 14.0 Å². The molecule has 1 aliphatic carbocycles. The van der Waals surface area contributed by atoms with E-state index >= 15 is 0 Å². The smallest absolute Gasteiger partial charge is 0.413 e. The number of hydrogen-bond donors (Lipinski definition) is 1. The Morgan fingerprint density at radius 1 is 1.27 bits per heavy atom. The zero-order chi connectivity index (χ0) is 26.7. The van der Waals surface area contributed by atoms with Crippen molar-refractivity contribution in [3.63, 3.8) is 0 Å². The summed E-state index contributed by atoms with van der Waals surface area (Å²) < 4.78 is 20.0. The SMILES string of the molecule is Cc1nc(NC(=O)OC(C)(C)C)sc1-c1cc2c(c(N3CCC(C)(F)CC3)n1)C(=O)N([C@@H](C)C1CC1)C2. The Labute approximate surface area is 221 Å². The second-order valence-electron chi connectivity index (χ2n) is 11.8. The van der Waals surface area contributed by atoms with Crippen molar-refractivity contribution < 1.29 is 18.7 Å². The Kier molecular flexibility index (Phi) is 6.45. The van der Waals surface area contributed by atoms with Crippen LogP contribution in [0, 0.1) is 12.8 Å². The molecule has 2 fully saturated rings. The van der Waals surface area contributed by atoms with Crippen LogP contribution >= 0.6 is 11.3 Å². The number of rotatable bonds is 5. The highest BCUT2D eigenvalue weighted by atomic mass is 32.1. The number of nitrogens with zero attached hydrogens (tertiary/aromatic N) is 4. The molecule has 3 aliphatic rings. The fraction of sp³-hybridized carbons (Fsp3) is 0.630. The minimum absolute atomic E-state index is 0.0188. The van der Waals surface area contributed by atoms with Gasteiger partial charge in [0.1, 0.15) is 17.1 Å². The van der Waals surface area contributed by atoms with Gasteiger partial charge < -0.3 is 14.5 Å². The Morgan fingerprint density at radius 3 is 2.57 bits per heavy atom. The van der Waals surface area contributed by atoms with Crippen molar-refractivity contribution in [3.05, 3.63) is 22.9 Å². The quantitative estimate of drug-likeness (QED) is 0.516. The summed E-state index contributed by atoms with van der Waals surface area (Å²) in [5, 5.41) is 3.15. The molecule has 200 valence electrons. The topological polar surface area (TPSA) is 87.7 Å². The van der Waals surface area contributed by atoms with Crippen molar-refractivity contribution in [2.24, 2.45) is 5.92 Å². The summed E-state index contributed by atoms with van der Waals surface area (Å²) in [7, 11) is 0. The van der Waals surface area contributed by atoms with Crippen LogP contribution in [0.1, 0.15) is 81.9 Å². The van der Waals surface area contributed by atoms with E-state index in [4.69, 9.17) is 9.72 Å². The standard InChI is InChI=1S/C27H36FN5O3S/c1-15-21(37-24(29-15)31-25(35)36-26(3,4)5)19-13-18-14-33(16(2)17-7-8-17)23(34)20(18)22(30-19)32-11-9-27(6,28)10-12-32/h13,16-17H,7-12,14H2,1-6H3,(H,29,31,35)/t16-/m0/s1. The molecule has 10 heteroatoms. The minimum Gasteiger partial charge on any atom is -0.444 e. The predicted molar refractivity (Wildman–Crippen MR) is 143 cm³/mol. The van der Waals surface area contributed by atoms with Crippen LogP contribution in [0.4, 0.5) is 20.1 Å². The van der Waals surface area contributed by atoms with Crippen LogP contribution in [0.25, 0.3) is 10.6 Å². The number of nitrogens with one attached hydrogen (secondary N) is 1. The van der Waals surface area contributed by atoms with Gasteiger partial charge in [0.15, 0.2) is 5.13 Å². The minimum atomic E-state index is -1.20. The van der Waals surface area contributed by atoms with Crippen molar-refractivity contribution in [1.82, 2.24) is 14.9 Å². The third-order valence-corrected chi connectivity index (χ3v) is 8.53. The number of alkyl halides is 1. The summed E-state index contributed by atoms with van der Waals surface area (Å²) in [5.41, 5.74) is 1.22. The van der Waals surface area contributed by atoms with Crippen LogP contribution in [0.5, 0.6) is 0 Å². The van der Waals surface area contributed by atoms with Gasteiger partial charge in [-0.2, -0.15) is 0 Å². The zero-order valence-electron chi connectivity index (χ0n) is 22.5. The molecule has 1 saturated heterocycles. The lowest BCUT2D eigenvalue weighted by atomic mass is 9.95. The molecule has 2 aromatic heterocycles. The molecule has 0 aromatic carbocycles. The summed E-state index contributed by atoms with van der Waals surface area (Å²) in [4.78, 5) is 40.3. The number of aromatic nitrogens is 2. The maximum absolute atomic E-state index is 14.6. The number of carbonyl (C=O) groups is 2. The van der Waals surface area contributed by atoms with Crippen molar-refractivity contribution in [2.75, 3.05) is 23.3 Å². The second kappa shape index (κ2) is 9.22. The molecule has 0 unspecified atom stereocenters. The molecule has 2 aromatic rings. The number of carbonyl (C=O) groups excluding carboxylic acids is 2. The predicted octanol–water partition coefficient (Wildman–Crippen LogP) is 5.94. The Hall–Kier alpha value is -2.75.